The van der Waals surface area contributed by atoms with Crippen LogP contribution in [0.1, 0.15) is 38.7 Å². The molecule has 0 aliphatic heterocycles. The monoisotopic (exact) mass is 305 g/mol. The number of likely N-dealkylation sites (N-methyl/N-ethyl adjacent to an activating group) is 1. The van der Waals surface area contributed by atoms with Crippen LogP contribution in [0.15, 0.2) is 36.3 Å². The highest BCUT2D eigenvalue weighted by Gasteiger charge is 2.42. The Morgan fingerprint density at radius 1 is 1.48 bits per heavy atom. The standard InChI is InChI=1S/C16H23N3OS/c1-12(2)20-19-14-8-4-5-9-16(14,15(21)17-3)13-7-6-10-18-11-13/h6-8,10-12,19H,4-5,9H2,1-3H3,(H,17,21). The van der Waals surface area contributed by atoms with Crippen LogP contribution in [-0.4, -0.2) is 23.1 Å². The number of nitrogens with one attached hydrogen (secondary N) is 2. The largest absolute Gasteiger partial charge is 0.382 e. The molecule has 0 fully saturated rings. The molecule has 0 radical (unpaired) electrons. The Labute approximate surface area is 131 Å². The molecule has 1 aliphatic rings. The van der Waals surface area contributed by atoms with Gasteiger partial charge in [-0.05, 0) is 44.7 Å². The number of hydroxylamine groups is 1. The van der Waals surface area contributed by atoms with Crippen molar-refractivity contribution >= 4 is 17.2 Å². The number of nitrogens with zero attached hydrogens (tertiary/aromatic N) is 1. The first-order valence-corrected chi connectivity index (χ1v) is 7.77. The van der Waals surface area contributed by atoms with Gasteiger partial charge in [-0.3, -0.25) is 15.3 Å². The van der Waals surface area contributed by atoms with Crippen molar-refractivity contribution in [1.82, 2.24) is 15.8 Å². The molecule has 0 saturated heterocycles. The van der Waals surface area contributed by atoms with Crippen LogP contribution in [0, 0.1) is 0 Å². The highest BCUT2D eigenvalue weighted by Crippen LogP contribution is 2.40. The molecule has 0 amide bonds. The first-order chi connectivity index (χ1) is 10.1. The number of hydrogen-bond donors (Lipinski definition) is 2. The maximum atomic E-state index is 5.65. The summed E-state index contributed by atoms with van der Waals surface area (Å²) in [7, 11) is 1.87. The molecule has 1 heterocycles. The highest BCUT2D eigenvalue weighted by atomic mass is 32.1. The number of allylic oxidation sites excluding steroid dienone is 1. The summed E-state index contributed by atoms with van der Waals surface area (Å²) in [5.74, 6) is 0. The second kappa shape index (κ2) is 7.00. The highest BCUT2D eigenvalue weighted by molar-refractivity contribution is 7.80. The zero-order valence-corrected chi connectivity index (χ0v) is 13.7. The minimum absolute atomic E-state index is 0.0996. The molecule has 0 spiro atoms. The number of thiocarbonyl (C=S) groups is 1. The zero-order valence-electron chi connectivity index (χ0n) is 12.8. The van der Waals surface area contributed by atoms with Gasteiger partial charge in [-0.15, -0.1) is 0 Å². The van der Waals surface area contributed by atoms with Crippen LogP contribution in [0.3, 0.4) is 0 Å². The Hall–Kier alpha value is -1.46. The van der Waals surface area contributed by atoms with E-state index >= 15 is 0 Å². The molecular weight excluding hydrogens is 282 g/mol. The Bertz CT molecular complexity index is 516. The van der Waals surface area contributed by atoms with Crippen molar-refractivity contribution in [2.24, 2.45) is 0 Å². The fourth-order valence-corrected chi connectivity index (χ4v) is 3.06. The van der Waals surface area contributed by atoms with Gasteiger partial charge in [0.1, 0.15) is 0 Å². The Balaban J connectivity index is 2.44. The Morgan fingerprint density at radius 2 is 2.29 bits per heavy atom. The van der Waals surface area contributed by atoms with Crippen molar-refractivity contribution < 1.29 is 4.84 Å². The molecule has 1 aliphatic carbocycles. The van der Waals surface area contributed by atoms with Crippen LogP contribution in [0.4, 0.5) is 0 Å². The minimum Gasteiger partial charge on any atom is -0.382 e. The molecule has 1 unspecified atom stereocenters. The van der Waals surface area contributed by atoms with Gasteiger partial charge in [0.05, 0.1) is 22.2 Å². The molecule has 21 heavy (non-hydrogen) atoms. The van der Waals surface area contributed by atoms with Gasteiger partial charge in [-0.1, -0.05) is 24.4 Å². The zero-order chi connectivity index (χ0) is 15.3. The summed E-state index contributed by atoms with van der Waals surface area (Å²) in [4.78, 5) is 10.7. The van der Waals surface area contributed by atoms with Crippen LogP contribution in [0.25, 0.3) is 0 Å². The molecule has 1 aromatic rings. The van der Waals surface area contributed by atoms with Gasteiger partial charge in [0.2, 0.25) is 0 Å². The van der Waals surface area contributed by atoms with Crippen LogP contribution < -0.4 is 10.8 Å². The van der Waals surface area contributed by atoms with Gasteiger partial charge >= 0.3 is 0 Å². The van der Waals surface area contributed by atoms with Crippen molar-refractivity contribution in [2.75, 3.05) is 7.05 Å². The van der Waals surface area contributed by atoms with E-state index < -0.39 is 0 Å². The third-order valence-electron chi connectivity index (χ3n) is 3.74. The van der Waals surface area contributed by atoms with Crippen molar-refractivity contribution in [3.05, 3.63) is 41.9 Å². The van der Waals surface area contributed by atoms with Crippen LogP contribution >= 0.6 is 12.2 Å². The van der Waals surface area contributed by atoms with E-state index in [-0.39, 0.29) is 11.5 Å². The molecule has 1 aromatic heterocycles. The SMILES string of the molecule is CNC(=S)C1(c2cccnc2)CCCC=C1NOC(C)C. The van der Waals surface area contributed by atoms with Crippen molar-refractivity contribution in [3.8, 4) is 0 Å². The van der Waals surface area contributed by atoms with Gasteiger partial charge in [-0.25, -0.2) is 0 Å². The van der Waals surface area contributed by atoms with E-state index in [1.807, 2.05) is 33.2 Å². The summed E-state index contributed by atoms with van der Waals surface area (Å²) in [5, 5.41) is 3.16. The number of aromatic nitrogens is 1. The van der Waals surface area contributed by atoms with Crippen molar-refractivity contribution in [3.63, 3.8) is 0 Å². The lowest BCUT2D eigenvalue weighted by Crippen LogP contribution is -2.48. The average Bonchev–Trinajstić information content (AvgIpc) is 2.53. The van der Waals surface area contributed by atoms with Gasteiger partial charge in [-0.2, -0.15) is 0 Å². The normalized spacial score (nSPS) is 21.8. The maximum absolute atomic E-state index is 5.65. The summed E-state index contributed by atoms with van der Waals surface area (Å²) in [5.41, 5.74) is 4.85. The molecule has 4 nitrogen and oxygen atoms in total. The molecule has 0 saturated carbocycles. The summed E-state index contributed by atoms with van der Waals surface area (Å²) in [6.45, 7) is 4.00. The predicted molar refractivity (Wildman–Crippen MR) is 88.9 cm³/mol. The van der Waals surface area contributed by atoms with E-state index in [0.29, 0.717) is 0 Å². The lowest BCUT2D eigenvalue weighted by atomic mass is 9.71. The Morgan fingerprint density at radius 3 is 2.90 bits per heavy atom. The molecule has 1 atom stereocenters. The second-order valence-electron chi connectivity index (χ2n) is 5.50. The third kappa shape index (κ3) is 3.24. The predicted octanol–water partition coefficient (Wildman–Crippen LogP) is 2.86. The minimum atomic E-state index is -0.383. The van der Waals surface area contributed by atoms with E-state index in [1.165, 1.54) is 0 Å². The lowest BCUT2D eigenvalue weighted by Gasteiger charge is -2.39. The quantitative estimate of drug-likeness (QED) is 0.647. The molecule has 0 bridgehead atoms. The van der Waals surface area contributed by atoms with E-state index in [2.05, 4.69) is 27.9 Å². The molecule has 5 heteroatoms. The van der Waals surface area contributed by atoms with Gasteiger partial charge in [0, 0.05) is 19.4 Å². The van der Waals surface area contributed by atoms with Crippen LogP contribution in [0.5, 0.6) is 0 Å². The molecule has 0 aromatic carbocycles. The topological polar surface area (TPSA) is 46.2 Å². The molecule has 2 N–H and O–H groups in total. The summed E-state index contributed by atoms with van der Waals surface area (Å²) in [6, 6.07) is 4.03. The maximum Gasteiger partial charge on any atom is 0.0919 e. The van der Waals surface area contributed by atoms with Crippen molar-refractivity contribution in [1.29, 1.82) is 0 Å². The third-order valence-corrected chi connectivity index (χ3v) is 4.29. The average molecular weight is 305 g/mol. The van der Waals surface area contributed by atoms with E-state index in [4.69, 9.17) is 17.1 Å². The van der Waals surface area contributed by atoms with Gasteiger partial charge < -0.3 is 5.32 Å². The fraction of sp³-hybridized carbons (Fsp3) is 0.500. The smallest absolute Gasteiger partial charge is 0.0919 e. The van der Waals surface area contributed by atoms with Gasteiger partial charge in [0.15, 0.2) is 0 Å². The second-order valence-corrected chi connectivity index (χ2v) is 5.91. The molecular formula is C16H23N3OS. The summed E-state index contributed by atoms with van der Waals surface area (Å²) in [6.07, 6.45) is 9.01. The van der Waals surface area contributed by atoms with Crippen LogP contribution in [-0.2, 0) is 10.3 Å². The van der Waals surface area contributed by atoms with Crippen molar-refractivity contribution in [2.45, 2.75) is 44.6 Å². The lowest BCUT2D eigenvalue weighted by molar-refractivity contribution is 0.00716. The number of hydrogen-bond acceptors (Lipinski definition) is 4. The molecule has 2 rings (SSSR count). The van der Waals surface area contributed by atoms with Crippen LogP contribution in [0.2, 0.25) is 0 Å². The number of rotatable bonds is 5. The van der Waals surface area contributed by atoms with E-state index in [9.17, 15) is 0 Å². The van der Waals surface area contributed by atoms with E-state index in [0.717, 1.165) is 35.5 Å². The first-order valence-electron chi connectivity index (χ1n) is 7.36. The Kier molecular flexibility index (Phi) is 5.31. The molecule has 114 valence electrons. The number of pyridine rings is 1. The summed E-state index contributed by atoms with van der Waals surface area (Å²) < 4.78 is 0. The van der Waals surface area contributed by atoms with E-state index in [1.54, 1.807) is 6.20 Å². The van der Waals surface area contributed by atoms with Gasteiger partial charge in [0.25, 0.3) is 0 Å². The summed E-state index contributed by atoms with van der Waals surface area (Å²) >= 11 is 5.65. The first kappa shape index (κ1) is 15.9. The fourth-order valence-electron chi connectivity index (χ4n) is 2.73.